The van der Waals surface area contributed by atoms with Gasteiger partial charge in [0.05, 0.1) is 6.33 Å². The van der Waals surface area contributed by atoms with E-state index in [1.165, 1.54) is 10.9 Å². The maximum absolute atomic E-state index is 11.9. The third kappa shape index (κ3) is 3.02. The summed E-state index contributed by atoms with van der Waals surface area (Å²) in [5, 5.41) is 20.4. The van der Waals surface area contributed by atoms with Crippen molar-refractivity contribution in [1.82, 2.24) is 9.55 Å². The number of nitriles is 2. The van der Waals surface area contributed by atoms with Crippen molar-refractivity contribution in [3.05, 3.63) is 46.5 Å². The van der Waals surface area contributed by atoms with E-state index in [9.17, 15) is 4.79 Å². The van der Waals surface area contributed by atoms with Gasteiger partial charge in [0, 0.05) is 10.2 Å². The molecule has 1 aromatic heterocycles. The first-order valence-corrected chi connectivity index (χ1v) is 6.34. The summed E-state index contributed by atoms with van der Waals surface area (Å²) in [6.45, 7) is -0.0793. The molecule has 98 valence electrons. The fourth-order valence-electron chi connectivity index (χ4n) is 1.62. The molecule has 0 spiro atoms. The molecule has 1 amide bonds. The SMILES string of the molecule is N#Cc1ncn(CC(=O)Nc2cccc(Br)c2)c1C#N. The van der Waals surface area contributed by atoms with Gasteiger partial charge < -0.3 is 9.88 Å². The Labute approximate surface area is 123 Å². The summed E-state index contributed by atoms with van der Waals surface area (Å²) >= 11 is 3.31. The van der Waals surface area contributed by atoms with Gasteiger partial charge in [0.1, 0.15) is 18.7 Å². The van der Waals surface area contributed by atoms with E-state index in [1.807, 2.05) is 12.1 Å². The number of halogens is 1. The van der Waals surface area contributed by atoms with Crippen LogP contribution < -0.4 is 5.32 Å². The summed E-state index contributed by atoms with van der Waals surface area (Å²) in [7, 11) is 0. The lowest BCUT2D eigenvalue weighted by Gasteiger charge is -2.06. The molecular weight excluding hydrogens is 322 g/mol. The first-order valence-electron chi connectivity index (χ1n) is 5.55. The molecule has 0 saturated carbocycles. The Hall–Kier alpha value is -2.64. The molecule has 0 aliphatic heterocycles. The van der Waals surface area contributed by atoms with Gasteiger partial charge in [-0.2, -0.15) is 10.5 Å². The topological polar surface area (TPSA) is 94.5 Å². The van der Waals surface area contributed by atoms with E-state index in [0.29, 0.717) is 5.69 Å². The zero-order valence-corrected chi connectivity index (χ0v) is 11.8. The highest BCUT2D eigenvalue weighted by atomic mass is 79.9. The van der Waals surface area contributed by atoms with Crippen LogP contribution in [0, 0.1) is 22.7 Å². The van der Waals surface area contributed by atoms with Gasteiger partial charge in [0.2, 0.25) is 5.91 Å². The van der Waals surface area contributed by atoms with E-state index in [4.69, 9.17) is 10.5 Å². The van der Waals surface area contributed by atoms with Gasteiger partial charge in [-0.15, -0.1) is 0 Å². The number of hydrogen-bond acceptors (Lipinski definition) is 4. The molecule has 1 heterocycles. The van der Waals surface area contributed by atoms with Crippen LogP contribution >= 0.6 is 15.9 Å². The Morgan fingerprint density at radius 3 is 2.85 bits per heavy atom. The molecule has 6 nitrogen and oxygen atoms in total. The van der Waals surface area contributed by atoms with E-state index in [1.54, 1.807) is 24.3 Å². The van der Waals surface area contributed by atoms with E-state index in [-0.39, 0.29) is 23.8 Å². The number of carbonyl (C=O) groups is 1. The molecule has 0 aliphatic rings. The van der Waals surface area contributed by atoms with E-state index in [2.05, 4.69) is 26.2 Å². The highest BCUT2D eigenvalue weighted by Gasteiger charge is 2.12. The highest BCUT2D eigenvalue weighted by molar-refractivity contribution is 9.10. The molecule has 0 atom stereocenters. The van der Waals surface area contributed by atoms with E-state index in [0.717, 1.165) is 4.47 Å². The van der Waals surface area contributed by atoms with Gasteiger partial charge in [-0.25, -0.2) is 4.98 Å². The van der Waals surface area contributed by atoms with E-state index >= 15 is 0 Å². The minimum absolute atomic E-state index is 0.0164. The average molecular weight is 330 g/mol. The fraction of sp³-hybridized carbons (Fsp3) is 0.0769. The molecule has 0 saturated heterocycles. The number of imidazole rings is 1. The maximum atomic E-state index is 11.9. The summed E-state index contributed by atoms with van der Waals surface area (Å²) in [6.07, 6.45) is 1.30. The van der Waals surface area contributed by atoms with Crippen LogP contribution in [0.25, 0.3) is 0 Å². The Balaban J connectivity index is 2.11. The first-order chi connectivity index (χ1) is 9.63. The van der Waals surface area contributed by atoms with Crippen LogP contribution in [0.5, 0.6) is 0 Å². The number of benzene rings is 1. The third-order valence-electron chi connectivity index (χ3n) is 2.47. The minimum atomic E-state index is -0.304. The molecule has 2 aromatic rings. The van der Waals surface area contributed by atoms with Crippen LogP contribution in [-0.4, -0.2) is 15.5 Å². The number of nitrogens with zero attached hydrogens (tertiary/aromatic N) is 4. The molecule has 1 N–H and O–H groups in total. The standard InChI is InChI=1S/C13H8BrN5O/c14-9-2-1-3-10(4-9)18-13(20)7-19-8-17-11(5-15)12(19)6-16/h1-4,8H,7H2,(H,18,20). The summed E-state index contributed by atoms with van der Waals surface area (Å²) in [5.41, 5.74) is 0.739. The number of rotatable bonds is 3. The highest BCUT2D eigenvalue weighted by Crippen LogP contribution is 2.15. The van der Waals surface area contributed by atoms with Gasteiger partial charge in [-0.05, 0) is 18.2 Å². The lowest BCUT2D eigenvalue weighted by atomic mass is 10.3. The van der Waals surface area contributed by atoms with Crippen LogP contribution in [-0.2, 0) is 11.3 Å². The summed E-state index contributed by atoms with van der Waals surface area (Å²) in [6, 6.07) is 10.8. The second-order valence-corrected chi connectivity index (χ2v) is 4.77. The van der Waals surface area contributed by atoms with Crippen molar-refractivity contribution >= 4 is 27.5 Å². The lowest BCUT2D eigenvalue weighted by Crippen LogP contribution is -2.19. The number of hydrogen-bond donors (Lipinski definition) is 1. The Bertz CT molecular complexity index is 738. The molecule has 0 fully saturated rings. The summed E-state index contributed by atoms with van der Waals surface area (Å²) in [4.78, 5) is 15.7. The van der Waals surface area contributed by atoms with E-state index < -0.39 is 0 Å². The lowest BCUT2D eigenvalue weighted by molar-refractivity contribution is -0.116. The second-order valence-electron chi connectivity index (χ2n) is 3.85. The maximum Gasteiger partial charge on any atom is 0.244 e. The van der Waals surface area contributed by atoms with Crippen LogP contribution in [0.3, 0.4) is 0 Å². The second kappa shape index (κ2) is 6.00. The Morgan fingerprint density at radius 2 is 2.20 bits per heavy atom. The summed E-state index contributed by atoms with van der Waals surface area (Å²) < 4.78 is 2.19. The van der Waals surface area contributed by atoms with Crippen LogP contribution in [0.15, 0.2) is 35.1 Å². The predicted octanol–water partition coefficient (Wildman–Crippen LogP) is 2.03. The molecule has 0 bridgehead atoms. The van der Waals surface area contributed by atoms with Gasteiger partial charge in [-0.1, -0.05) is 22.0 Å². The van der Waals surface area contributed by atoms with Crippen LogP contribution in [0.2, 0.25) is 0 Å². The third-order valence-corrected chi connectivity index (χ3v) is 2.97. The fourth-order valence-corrected chi connectivity index (χ4v) is 2.02. The zero-order valence-electron chi connectivity index (χ0n) is 10.2. The van der Waals surface area contributed by atoms with Crippen molar-refractivity contribution in [3.63, 3.8) is 0 Å². The smallest absolute Gasteiger partial charge is 0.244 e. The quantitative estimate of drug-likeness (QED) is 0.931. The predicted molar refractivity (Wildman–Crippen MR) is 74.4 cm³/mol. The Morgan fingerprint density at radius 1 is 1.40 bits per heavy atom. The van der Waals surface area contributed by atoms with Gasteiger partial charge in [-0.3, -0.25) is 4.79 Å². The normalized spacial score (nSPS) is 9.55. The molecular formula is C13H8BrN5O. The number of amides is 1. The molecule has 1 aromatic carbocycles. The Kier molecular flexibility index (Phi) is 4.14. The molecule has 20 heavy (non-hydrogen) atoms. The molecule has 0 radical (unpaired) electrons. The number of aromatic nitrogens is 2. The van der Waals surface area contributed by atoms with Crippen molar-refractivity contribution in [2.24, 2.45) is 0 Å². The summed E-state index contributed by atoms with van der Waals surface area (Å²) in [5.74, 6) is -0.304. The molecule has 0 unspecified atom stereocenters. The van der Waals surface area contributed by atoms with Gasteiger partial charge in [0.25, 0.3) is 0 Å². The zero-order chi connectivity index (χ0) is 14.5. The number of carbonyl (C=O) groups excluding carboxylic acids is 1. The first kappa shape index (κ1) is 13.8. The van der Waals surface area contributed by atoms with Crippen LogP contribution in [0.1, 0.15) is 11.4 Å². The van der Waals surface area contributed by atoms with Crippen molar-refractivity contribution in [1.29, 1.82) is 10.5 Å². The van der Waals surface area contributed by atoms with Gasteiger partial charge >= 0.3 is 0 Å². The molecule has 2 rings (SSSR count). The largest absolute Gasteiger partial charge is 0.324 e. The monoisotopic (exact) mass is 329 g/mol. The average Bonchev–Trinajstić information content (AvgIpc) is 2.80. The van der Waals surface area contributed by atoms with Crippen LogP contribution in [0.4, 0.5) is 5.69 Å². The van der Waals surface area contributed by atoms with Crippen molar-refractivity contribution in [2.75, 3.05) is 5.32 Å². The minimum Gasteiger partial charge on any atom is -0.324 e. The molecule has 7 heteroatoms. The van der Waals surface area contributed by atoms with Crippen molar-refractivity contribution in [2.45, 2.75) is 6.54 Å². The van der Waals surface area contributed by atoms with Crippen molar-refractivity contribution < 1.29 is 4.79 Å². The number of anilines is 1. The molecule has 0 aliphatic carbocycles. The van der Waals surface area contributed by atoms with Crippen molar-refractivity contribution in [3.8, 4) is 12.1 Å². The van der Waals surface area contributed by atoms with Gasteiger partial charge in [0.15, 0.2) is 11.4 Å². The number of nitrogens with one attached hydrogen (secondary N) is 1.